The highest BCUT2D eigenvalue weighted by Crippen LogP contribution is 2.00. The molecule has 0 atom stereocenters. The molecule has 0 unspecified atom stereocenters. The predicted octanol–water partition coefficient (Wildman–Crippen LogP) is 1.89. The van der Waals surface area contributed by atoms with Gasteiger partial charge in [-0.15, -0.1) is 0 Å². The molecule has 0 saturated heterocycles. The first-order valence-corrected chi connectivity index (χ1v) is 5.05. The lowest BCUT2D eigenvalue weighted by Crippen LogP contribution is -2.39. The second-order valence-electron chi connectivity index (χ2n) is 3.37. The van der Waals surface area contributed by atoms with Crippen LogP contribution in [-0.4, -0.2) is 43.9 Å². The summed E-state index contributed by atoms with van der Waals surface area (Å²) >= 11 is 0. The van der Waals surface area contributed by atoms with Crippen molar-refractivity contribution in [3.8, 4) is 0 Å². The maximum absolute atomic E-state index is 11.3. The predicted molar refractivity (Wildman–Crippen MR) is 55.4 cm³/mol. The molecule has 0 aliphatic carbocycles. The van der Waals surface area contributed by atoms with Gasteiger partial charge in [0.15, 0.2) is 0 Å². The quantitative estimate of drug-likeness (QED) is 0.619. The lowest BCUT2D eigenvalue weighted by atomic mass is 10.3. The van der Waals surface area contributed by atoms with Gasteiger partial charge in [0.25, 0.3) is 0 Å². The largest absolute Gasteiger partial charge is 0.453 e. The van der Waals surface area contributed by atoms with E-state index in [1.807, 2.05) is 13.8 Å². The number of carbonyl (C=O) groups is 1. The van der Waals surface area contributed by atoms with E-state index in [4.69, 9.17) is 4.74 Å². The fourth-order valence-electron chi connectivity index (χ4n) is 1.09. The summed E-state index contributed by atoms with van der Waals surface area (Å²) in [5, 5.41) is 0. The number of hydrogen-bond donors (Lipinski definition) is 0. The Morgan fingerprint density at radius 1 is 1.36 bits per heavy atom. The lowest BCUT2D eigenvalue weighted by molar-refractivity contribution is 0.0753. The number of amides is 1. The highest BCUT2D eigenvalue weighted by molar-refractivity contribution is 5.67. The van der Waals surface area contributed by atoms with Gasteiger partial charge in [-0.05, 0) is 20.3 Å². The third-order valence-electron chi connectivity index (χ3n) is 1.86. The fourth-order valence-corrected chi connectivity index (χ4v) is 1.09. The van der Waals surface area contributed by atoms with Gasteiger partial charge in [-0.25, -0.2) is 4.79 Å². The molecule has 1 amide bonds. The van der Waals surface area contributed by atoms with Gasteiger partial charge in [-0.3, -0.25) is 0 Å². The highest BCUT2D eigenvalue weighted by atomic mass is 16.5. The van der Waals surface area contributed by atoms with E-state index in [1.165, 1.54) is 7.11 Å². The molecule has 4 nitrogen and oxygen atoms in total. The topological polar surface area (TPSA) is 38.8 Å². The first-order valence-electron chi connectivity index (χ1n) is 5.05. The summed E-state index contributed by atoms with van der Waals surface area (Å²) in [6, 6.07) is 0.146. The molecule has 0 fully saturated rings. The van der Waals surface area contributed by atoms with Gasteiger partial charge in [0, 0.05) is 19.2 Å². The maximum Gasteiger partial charge on any atom is 0.409 e. The number of methoxy groups -OCH3 is 1. The van der Waals surface area contributed by atoms with Crippen molar-refractivity contribution in [2.75, 3.05) is 26.9 Å². The molecule has 0 aromatic heterocycles. The number of carbonyl (C=O) groups excluding carboxylic acids is 1. The Bertz CT molecular complexity index is 159. The maximum atomic E-state index is 11.3. The van der Waals surface area contributed by atoms with Crippen molar-refractivity contribution >= 4 is 6.09 Å². The van der Waals surface area contributed by atoms with Crippen molar-refractivity contribution in [2.45, 2.75) is 33.2 Å². The van der Waals surface area contributed by atoms with Crippen LogP contribution in [-0.2, 0) is 9.47 Å². The Kier molecular flexibility index (Phi) is 7.20. The van der Waals surface area contributed by atoms with E-state index < -0.39 is 0 Å². The molecular formula is C10H21NO3. The van der Waals surface area contributed by atoms with Crippen molar-refractivity contribution in [3.05, 3.63) is 0 Å². The number of nitrogens with zero attached hydrogens (tertiary/aromatic N) is 1. The van der Waals surface area contributed by atoms with Gasteiger partial charge < -0.3 is 14.4 Å². The van der Waals surface area contributed by atoms with Crippen LogP contribution in [0.3, 0.4) is 0 Å². The molecule has 0 aliphatic heterocycles. The van der Waals surface area contributed by atoms with E-state index in [2.05, 4.69) is 11.7 Å². The summed E-state index contributed by atoms with van der Waals surface area (Å²) in [6.07, 6.45) is 0.708. The standard InChI is InChI=1S/C10H21NO3/c1-5-7-14-8-6-11(9(2)3)10(12)13-4/h9H,5-8H2,1-4H3. The molecule has 0 bridgehead atoms. The van der Waals surface area contributed by atoms with Crippen LogP contribution >= 0.6 is 0 Å². The normalized spacial score (nSPS) is 10.4. The zero-order chi connectivity index (χ0) is 11.0. The van der Waals surface area contributed by atoms with E-state index >= 15 is 0 Å². The zero-order valence-electron chi connectivity index (χ0n) is 9.58. The van der Waals surface area contributed by atoms with Gasteiger partial charge in [0.2, 0.25) is 0 Å². The summed E-state index contributed by atoms with van der Waals surface area (Å²) in [5.74, 6) is 0. The Hall–Kier alpha value is -0.770. The van der Waals surface area contributed by atoms with Gasteiger partial charge >= 0.3 is 6.09 Å². The Morgan fingerprint density at radius 3 is 2.43 bits per heavy atom. The molecule has 0 heterocycles. The first kappa shape index (κ1) is 13.2. The van der Waals surface area contributed by atoms with Crippen molar-refractivity contribution < 1.29 is 14.3 Å². The fraction of sp³-hybridized carbons (Fsp3) is 0.900. The Balaban J connectivity index is 3.80. The SMILES string of the molecule is CCCOCCN(C(=O)OC)C(C)C. The lowest BCUT2D eigenvalue weighted by Gasteiger charge is -2.24. The third-order valence-corrected chi connectivity index (χ3v) is 1.86. The average molecular weight is 203 g/mol. The van der Waals surface area contributed by atoms with Crippen molar-refractivity contribution in [2.24, 2.45) is 0 Å². The second-order valence-corrected chi connectivity index (χ2v) is 3.37. The van der Waals surface area contributed by atoms with Gasteiger partial charge in [0.1, 0.15) is 0 Å². The van der Waals surface area contributed by atoms with E-state index in [1.54, 1.807) is 4.90 Å². The minimum Gasteiger partial charge on any atom is -0.453 e. The van der Waals surface area contributed by atoms with E-state index in [-0.39, 0.29) is 12.1 Å². The van der Waals surface area contributed by atoms with Crippen molar-refractivity contribution in [1.29, 1.82) is 0 Å². The summed E-state index contributed by atoms with van der Waals surface area (Å²) in [5.41, 5.74) is 0. The summed E-state index contributed by atoms with van der Waals surface area (Å²) in [7, 11) is 1.39. The number of rotatable bonds is 6. The molecule has 0 aromatic rings. The average Bonchev–Trinajstić information content (AvgIpc) is 2.16. The number of ether oxygens (including phenoxy) is 2. The van der Waals surface area contributed by atoms with Crippen LogP contribution in [0.25, 0.3) is 0 Å². The van der Waals surface area contributed by atoms with Gasteiger partial charge in [-0.1, -0.05) is 6.92 Å². The molecule has 0 radical (unpaired) electrons. The summed E-state index contributed by atoms with van der Waals surface area (Å²) in [4.78, 5) is 12.9. The smallest absolute Gasteiger partial charge is 0.409 e. The highest BCUT2D eigenvalue weighted by Gasteiger charge is 2.16. The first-order chi connectivity index (χ1) is 6.63. The number of hydrogen-bond acceptors (Lipinski definition) is 3. The van der Waals surface area contributed by atoms with E-state index in [0.29, 0.717) is 13.2 Å². The molecule has 14 heavy (non-hydrogen) atoms. The monoisotopic (exact) mass is 203 g/mol. The molecule has 0 aromatic carbocycles. The molecular weight excluding hydrogens is 182 g/mol. The molecule has 0 aliphatic rings. The van der Waals surface area contributed by atoms with Crippen LogP contribution in [0.2, 0.25) is 0 Å². The molecule has 84 valence electrons. The van der Waals surface area contributed by atoms with Crippen LogP contribution < -0.4 is 0 Å². The Labute approximate surface area is 86.2 Å². The second kappa shape index (κ2) is 7.62. The van der Waals surface area contributed by atoms with E-state index in [9.17, 15) is 4.79 Å². The minimum atomic E-state index is -0.292. The molecule has 0 spiro atoms. The van der Waals surface area contributed by atoms with Crippen LogP contribution in [0, 0.1) is 0 Å². The van der Waals surface area contributed by atoms with Crippen LogP contribution in [0.4, 0.5) is 4.79 Å². The molecule has 4 heteroatoms. The molecule has 0 N–H and O–H groups in total. The summed E-state index contributed by atoms with van der Waals surface area (Å²) < 4.78 is 9.97. The van der Waals surface area contributed by atoms with Crippen molar-refractivity contribution in [3.63, 3.8) is 0 Å². The van der Waals surface area contributed by atoms with Crippen molar-refractivity contribution in [1.82, 2.24) is 4.90 Å². The van der Waals surface area contributed by atoms with Crippen LogP contribution in [0.1, 0.15) is 27.2 Å². The van der Waals surface area contributed by atoms with Crippen LogP contribution in [0.5, 0.6) is 0 Å². The van der Waals surface area contributed by atoms with Gasteiger partial charge in [-0.2, -0.15) is 0 Å². The van der Waals surface area contributed by atoms with E-state index in [0.717, 1.165) is 13.0 Å². The van der Waals surface area contributed by atoms with Gasteiger partial charge in [0.05, 0.1) is 13.7 Å². The molecule has 0 rings (SSSR count). The zero-order valence-corrected chi connectivity index (χ0v) is 9.58. The molecule has 0 saturated carbocycles. The van der Waals surface area contributed by atoms with Crippen LogP contribution in [0.15, 0.2) is 0 Å². The third kappa shape index (κ3) is 5.07. The summed E-state index contributed by atoms with van der Waals surface area (Å²) in [6.45, 7) is 7.87. The minimum absolute atomic E-state index is 0.146. The Morgan fingerprint density at radius 2 is 2.00 bits per heavy atom.